The van der Waals surface area contributed by atoms with Crippen molar-refractivity contribution < 1.29 is 0 Å². The molecule has 0 amide bonds. The predicted octanol–water partition coefficient (Wildman–Crippen LogP) is 7.71. The zero-order valence-corrected chi connectivity index (χ0v) is 26.8. The Bertz CT molecular complexity index is 1690. The summed E-state index contributed by atoms with van der Waals surface area (Å²) in [5.41, 5.74) is 17.6. The molecule has 0 unspecified atom stereocenters. The Balaban J connectivity index is 1.49. The summed E-state index contributed by atoms with van der Waals surface area (Å²) in [6.07, 6.45) is 6.21. The maximum absolute atomic E-state index is 5.17. The second-order valence-corrected chi connectivity index (χ2v) is 12.5. The molecule has 0 radical (unpaired) electrons. The summed E-state index contributed by atoms with van der Waals surface area (Å²) in [5, 5.41) is 15.5. The smallest absolute Gasteiger partial charge is 0.326 e. The molecule has 6 rings (SSSR count). The van der Waals surface area contributed by atoms with Crippen LogP contribution in [0.1, 0.15) is 50.1 Å². The lowest BCUT2D eigenvalue weighted by atomic mass is 9.96. The van der Waals surface area contributed by atoms with Crippen LogP contribution in [0.4, 0.5) is 0 Å². The van der Waals surface area contributed by atoms with E-state index < -0.39 is 7.12 Å². The number of hydrogen-bond donors (Lipinski definition) is 0. The first kappa shape index (κ1) is 28.5. The van der Waals surface area contributed by atoms with Crippen LogP contribution in [0.5, 0.6) is 0 Å². The lowest BCUT2D eigenvalue weighted by Gasteiger charge is -2.27. The Kier molecular flexibility index (Phi) is 7.21. The highest BCUT2D eigenvalue weighted by atomic mass is 15.4. The van der Waals surface area contributed by atoms with Crippen LogP contribution in [0.15, 0.2) is 73.2 Å². The fraction of sp³-hybridized carbons (Fsp3) is 0.250. The summed E-state index contributed by atoms with van der Waals surface area (Å²) in [5.74, 6) is 0. The molecule has 0 aliphatic heterocycles. The van der Waals surface area contributed by atoms with E-state index in [0.717, 1.165) is 17.1 Å². The van der Waals surface area contributed by atoms with Crippen molar-refractivity contribution in [2.24, 2.45) is 0 Å². The Morgan fingerprint density at radius 3 is 0.860 bits per heavy atom. The highest BCUT2D eigenvalue weighted by molar-refractivity contribution is 6.52. The number of rotatable bonds is 6. The van der Waals surface area contributed by atoms with Crippen LogP contribution in [0.3, 0.4) is 0 Å². The first-order chi connectivity index (χ1) is 20.5. The lowest BCUT2D eigenvalue weighted by Crippen LogP contribution is -2.43. The second-order valence-electron chi connectivity index (χ2n) is 12.5. The molecular formula is C36H40BN6-. The van der Waals surface area contributed by atoms with E-state index in [1.54, 1.807) is 0 Å². The van der Waals surface area contributed by atoms with E-state index in [0.29, 0.717) is 0 Å². The van der Waals surface area contributed by atoms with E-state index in [2.05, 4.69) is 136 Å². The fourth-order valence-corrected chi connectivity index (χ4v) is 7.16. The van der Waals surface area contributed by atoms with E-state index in [1.807, 2.05) is 13.8 Å². The topological polar surface area (TPSA) is 53.5 Å². The van der Waals surface area contributed by atoms with Gasteiger partial charge in [-0.15, -0.1) is 0 Å². The van der Waals surface area contributed by atoms with E-state index in [4.69, 9.17) is 15.3 Å². The van der Waals surface area contributed by atoms with Crippen LogP contribution in [-0.2, 0) is 0 Å². The van der Waals surface area contributed by atoms with E-state index in [1.165, 1.54) is 66.8 Å². The van der Waals surface area contributed by atoms with Crippen molar-refractivity contribution in [3.63, 3.8) is 0 Å². The van der Waals surface area contributed by atoms with Gasteiger partial charge in [0.25, 0.3) is 0 Å². The molecule has 0 N–H and O–H groups in total. The number of benzene rings is 3. The SMILES string of the molecule is Cc1cc(C)c(-c2ccn([BH-](n3ccc(-c4c(C)cc(C)cc4C)n3)n3ccc(-c4c(C)cc(C)cc4C)n3)n2)c(C)c1. The van der Waals surface area contributed by atoms with Crippen LogP contribution in [0, 0.1) is 62.3 Å². The summed E-state index contributed by atoms with van der Waals surface area (Å²) >= 11 is 0. The molecular weight excluding hydrogens is 527 g/mol. The van der Waals surface area contributed by atoms with Gasteiger partial charge in [0, 0.05) is 16.7 Å². The maximum atomic E-state index is 5.17. The maximum Gasteiger partial charge on any atom is 0.326 e. The first-order valence-electron chi connectivity index (χ1n) is 15.1. The van der Waals surface area contributed by atoms with Crippen molar-refractivity contribution in [1.82, 2.24) is 29.1 Å². The molecule has 0 atom stereocenters. The number of aromatic nitrogens is 6. The van der Waals surface area contributed by atoms with Gasteiger partial charge in [-0.25, -0.2) is 15.3 Å². The van der Waals surface area contributed by atoms with Crippen molar-refractivity contribution in [3.05, 3.63) is 123 Å². The summed E-state index contributed by atoms with van der Waals surface area (Å²) in [4.78, 5) is 0. The van der Waals surface area contributed by atoms with Gasteiger partial charge in [-0.1, -0.05) is 53.1 Å². The largest absolute Gasteiger partial charge is 0.402 e. The molecule has 3 heterocycles. The van der Waals surface area contributed by atoms with Gasteiger partial charge in [-0.2, -0.15) is 0 Å². The van der Waals surface area contributed by atoms with Gasteiger partial charge in [-0.3, -0.25) is 0 Å². The number of aryl methyl sites for hydroxylation is 9. The van der Waals surface area contributed by atoms with Gasteiger partial charge in [0.15, 0.2) is 0 Å². The molecule has 6 nitrogen and oxygen atoms in total. The average Bonchev–Trinajstić information content (AvgIpc) is 3.66. The molecule has 43 heavy (non-hydrogen) atoms. The molecule has 218 valence electrons. The van der Waals surface area contributed by atoms with Crippen molar-refractivity contribution in [3.8, 4) is 33.8 Å². The van der Waals surface area contributed by atoms with Gasteiger partial charge >= 0.3 is 7.12 Å². The molecule has 6 aromatic rings. The molecule has 0 spiro atoms. The minimum absolute atomic E-state index is 0.961. The Morgan fingerprint density at radius 2 is 0.628 bits per heavy atom. The van der Waals surface area contributed by atoms with E-state index in [-0.39, 0.29) is 0 Å². The van der Waals surface area contributed by atoms with E-state index in [9.17, 15) is 0 Å². The third-order valence-corrected chi connectivity index (χ3v) is 8.59. The molecule has 0 saturated heterocycles. The monoisotopic (exact) mass is 567 g/mol. The molecule has 0 bridgehead atoms. The minimum atomic E-state index is -1.57. The lowest BCUT2D eigenvalue weighted by molar-refractivity contribution is 0.774. The quantitative estimate of drug-likeness (QED) is 0.194. The fourth-order valence-electron chi connectivity index (χ4n) is 7.16. The molecule has 0 fully saturated rings. The number of hydrogen-bond acceptors (Lipinski definition) is 3. The van der Waals surface area contributed by atoms with Gasteiger partial charge in [0.1, 0.15) is 0 Å². The first-order valence-corrected chi connectivity index (χ1v) is 15.1. The molecule has 3 aromatic heterocycles. The van der Waals surface area contributed by atoms with Gasteiger partial charge in [0.2, 0.25) is 0 Å². The molecule has 0 aliphatic rings. The normalized spacial score (nSPS) is 11.6. The molecule has 7 heteroatoms. The van der Waals surface area contributed by atoms with Gasteiger partial charge < -0.3 is 13.8 Å². The predicted molar refractivity (Wildman–Crippen MR) is 179 cm³/mol. The summed E-state index contributed by atoms with van der Waals surface area (Å²) < 4.78 is 6.14. The second kappa shape index (κ2) is 10.9. The standard InChI is InChI=1S/C36H40BN6/c1-22-16-25(4)34(26(5)17-22)31-10-13-41(38-31)37(42-14-11-32(39-42)35-27(6)18-23(2)19-28(35)7)43-15-12-33(40-43)36-29(8)20-24(3)21-30(36)9/h10-21,37H,1-9H3/q-1. The average molecular weight is 568 g/mol. The van der Waals surface area contributed by atoms with Crippen molar-refractivity contribution in [1.29, 1.82) is 0 Å². The summed E-state index contributed by atoms with van der Waals surface area (Å²) in [6.45, 7) is 19.4. The minimum Gasteiger partial charge on any atom is -0.402 e. The van der Waals surface area contributed by atoms with Crippen LogP contribution in [0.25, 0.3) is 33.8 Å². The van der Waals surface area contributed by atoms with Crippen molar-refractivity contribution >= 4 is 7.12 Å². The zero-order chi connectivity index (χ0) is 30.6. The van der Waals surface area contributed by atoms with Crippen LogP contribution >= 0.6 is 0 Å². The Morgan fingerprint density at radius 1 is 0.395 bits per heavy atom. The zero-order valence-electron chi connectivity index (χ0n) is 26.8. The summed E-state index contributed by atoms with van der Waals surface area (Å²) in [6, 6.07) is 19.7. The number of nitrogens with zero attached hydrogens (tertiary/aromatic N) is 6. The molecule has 0 saturated carbocycles. The van der Waals surface area contributed by atoms with Gasteiger partial charge in [-0.05, 0) is 132 Å². The Hall–Kier alpha value is -4.65. The molecule has 0 aliphatic carbocycles. The van der Waals surface area contributed by atoms with E-state index >= 15 is 0 Å². The Labute approximate surface area is 255 Å². The van der Waals surface area contributed by atoms with Gasteiger partial charge in [0.05, 0.1) is 17.1 Å². The highest BCUT2D eigenvalue weighted by Crippen LogP contribution is 2.30. The highest BCUT2D eigenvalue weighted by Gasteiger charge is 2.19. The third-order valence-electron chi connectivity index (χ3n) is 8.59. The van der Waals surface area contributed by atoms with Crippen LogP contribution < -0.4 is 0 Å². The van der Waals surface area contributed by atoms with Crippen molar-refractivity contribution in [2.45, 2.75) is 62.3 Å². The summed E-state index contributed by atoms with van der Waals surface area (Å²) in [7, 11) is -1.57. The third kappa shape index (κ3) is 5.24. The van der Waals surface area contributed by atoms with Crippen LogP contribution in [0.2, 0.25) is 0 Å². The molecule has 3 aromatic carbocycles. The van der Waals surface area contributed by atoms with Crippen LogP contribution in [-0.4, -0.2) is 36.2 Å². The van der Waals surface area contributed by atoms with Crippen molar-refractivity contribution in [2.75, 3.05) is 0 Å².